The SMILES string of the molecule is CCc1nc(C)ccc1OCCOc1ccc(CN)cc1. The maximum Gasteiger partial charge on any atom is 0.140 e. The molecule has 0 aliphatic carbocycles. The number of rotatable bonds is 7. The Labute approximate surface area is 125 Å². The van der Waals surface area contributed by atoms with E-state index in [1.807, 2.05) is 43.3 Å². The Hall–Kier alpha value is -2.07. The number of ether oxygens (including phenoxy) is 2. The summed E-state index contributed by atoms with van der Waals surface area (Å²) in [7, 11) is 0. The van der Waals surface area contributed by atoms with Crippen molar-refractivity contribution in [3.63, 3.8) is 0 Å². The molecule has 1 aromatic heterocycles. The van der Waals surface area contributed by atoms with Gasteiger partial charge in [0.15, 0.2) is 0 Å². The lowest BCUT2D eigenvalue weighted by atomic mass is 10.2. The molecule has 2 rings (SSSR count). The smallest absolute Gasteiger partial charge is 0.140 e. The summed E-state index contributed by atoms with van der Waals surface area (Å²) in [6, 6.07) is 11.7. The molecule has 1 aromatic carbocycles. The lowest BCUT2D eigenvalue weighted by Crippen LogP contribution is -2.10. The van der Waals surface area contributed by atoms with Gasteiger partial charge >= 0.3 is 0 Å². The van der Waals surface area contributed by atoms with E-state index in [-0.39, 0.29) is 0 Å². The van der Waals surface area contributed by atoms with Crippen molar-refractivity contribution in [2.24, 2.45) is 5.73 Å². The fourth-order valence-corrected chi connectivity index (χ4v) is 2.02. The molecule has 4 nitrogen and oxygen atoms in total. The first-order valence-electron chi connectivity index (χ1n) is 7.24. The highest BCUT2D eigenvalue weighted by Crippen LogP contribution is 2.17. The summed E-state index contributed by atoms with van der Waals surface area (Å²) in [6.07, 6.45) is 0.860. The van der Waals surface area contributed by atoms with Gasteiger partial charge in [-0.15, -0.1) is 0 Å². The normalized spacial score (nSPS) is 10.4. The highest BCUT2D eigenvalue weighted by atomic mass is 16.5. The van der Waals surface area contributed by atoms with E-state index in [0.29, 0.717) is 19.8 Å². The molecule has 2 aromatic rings. The van der Waals surface area contributed by atoms with Crippen LogP contribution in [0, 0.1) is 6.92 Å². The summed E-state index contributed by atoms with van der Waals surface area (Å²) in [5, 5.41) is 0. The molecule has 2 N–H and O–H groups in total. The molecule has 0 aliphatic heterocycles. The quantitative estimate of drug-likeness (QED) is 0.795. The molecule has 0 atom stereocenters. The number of hydrogen-bond donors (Lipinski definition) is 1. The van der Waals surface area contributed by atoms with Gasteiger partial charge in [0.25, 0.3) is 0 Å². The predicted molar refractivity (Wildman–Crippen MR) is 83.7 cm³/mol. The van der Waals surface area contributed by atoms with E-state index in [1.165, 1.54) is 0 Å². The molecule has 0 amide bonds. The van der Waals surface area contributed by atoms with Crippen LogP contribution in [0.3, 0.4) is 0 Å². The molecule has 4 heteroatoms. The van der Waals surface area contributed by atoms with E-state index in [1.54, 1.807) is 0 Å². The average molecular weight is 286 g/mol. The number of hydrogen-bond acceptors (Lipinski definition) is 4. The van der Waals surface area contributed by atoms with E-state index in [0.717, 1.165) is 34.9 Å². The molecule has 1 heterocycles. The fourth-order valence-electron chi connectivity index (χ4n) is 2.02. The largest absolute Gasteiger partial charge is 0.490 e. The fraction of sp³-hybridized carbons (Fsp3) is 0.353. The van der Waals surface area contributed by atoms with Crippen LogP contribution >= 0.6 is 0 Å². The number of aromatic nitrogens is 1. The van der Waals surface area contributed by atoms with Gasteiger partial charge < -0.3 is 15.2 Å². The monoisotopic (exact) mass is 286 g/mol. The molecule has 0 unspecified atom stereocenters. The van der Waals surface area contributed by atoms with Crippen molar-refractivity contribution >= 4 is 0 Å². The minimum Gasteiger partial charge on any atom is -0.490 e. The predicted octanol–water partition coefficient (Wildman–Crippen LogP) is 2.87. The van der Waals surface area contributed by atoms with E-state index in [9.17, 15) is 0 Å². The van der Waals surface area contributed by atoms with Crippen LogP contribution < -0.4 is 15.2 Å². The zero-order valence-electron chi connectivity index (χ0n) is 12.6. The van der Waals surface area contributed by atoms with Gasteiger partial charge in [0.05, 0.1) is 5.69 Å². The Morgan fingerprint density at radius 1 is 1.00 bits per heavy atom. The Morgan fingerprint density at radius 3 is 2.38 bits per heavy atom. The Morgan fingerprint density at radius 2 is 1.71 bits per heavy atom. The first kappa shape index (κ1) is 15.3. The first-order chi connectivity index (χ1) is 10.2. The molecule has 0 spiro atoms. The first-order valence-corrected chi connectivity index (χ1v) is 7.24. The summed E-state index contributed by atoms with van der Waals surface area (Å²) in [5.74, 6) is 1.67. The van der Waals surface area contributed by atoms with Crippen LogP contribution in [0.25, 0.3) is 0 Å². The number of pyridine rings is 1. The zero-order chi connectivity index (χ0) is 15.1. The van der Waals surface area contributed by atoms with Crippen molar-refractivity contribution in [3.8, 4) is 11.5 Å². The Balaban J connectivity index is 1.81. The molecular formula is C17H22N2O2. The lowest BCUT2D eigenvalue weighted by Gasteiger charge is -2.11. The van der Waals surface area contributed by atoms with Crippen molar-refractivity contribution in [1.82, 2.24) is 4.98 Å². The summed E-state index contributed by atoms with van der Waals surface area (Å²) in [5.41, 5.74) is 8.65. The number of aryl methyl sites for hydroxylation is 2. The minimum atomic E-state index is 0.496. The number of nitrogens with zero attached hydrogens (tertiary/aromatic N) is 1. The second-order valence-electron chi connectivity index (χ2n) is 4.80. The number of benzene rings is 1. The highest BCUT2D eigenvalue weighted by Gasteiger charge is 2.04. The third-order valence-electron chi connectivity index (χ3n) is 3.18. The van der Waals surface area contributed by atoms with Gasteiger partial charge in [0.2, 0.25) is 0 Å². The van der Waals surface area contributed by atoms with Gasteiger partial charge in [-0.2, -0.15) is 0 Å². The van der Waals surface area contributed by atoms with E-state index in [4.69, 9.17) is 15.2 Å². The van der Waals surface area contributed by atoms with Gasteiger partial charge in [0, 0.05) is 12.2 Å². The molecule has 112 valence electrons. The van der Waals surface area contributed by atoms with Crippen LogP contribution in [0.4, 0.5) is 0 Å². The van der Waals surface area contributed by atoms with Crippen molar-refractivity contribution in [2.75, 3.05) is 13.2 Å². The topological polar surface area (TPSA) is 57.4 Å². The van der Waals surface area contributed by atoms with E-state index >= 15 is 0 Å². The van der Waals surface area contributed by atoms with E-state index in [2.05, 4.69) is 11.9 Å². The molecule has 0 saturated carbocycles. The highest BCUT2D eigenvalue weighted by molar-refractivity contribution is 5.29. The standard InChI is InChI=1S/C17H22N2O2/c1-3-16-17(9-4-13(2)19-16)21-11-10-20-15-7-5-14(12-18)6-8-15/h4-9H,3,10-12,18H2,1-2H3. The average Bonchev–Trinajstić information content (AvgIpc) is 2.53. The van der Waals surface area contributed by atoms with Gasteiger partial charge in [-0.05, 0) is 43.2 Å². The van der Waals surface area contributed by atoms with Gasteiger partial charge in [-0.25, -0.2) is 0 Å². The zero-order valence-corrected chi connectivity index (χ0v) is 12.6. The summed E-state index contributed by atoms with van der Waals surface area (Å²) < 4.78 is 11.4. The second-order valence-corrected chi connectivity index (χ2v) is 4.80. The van der Waals surface area contributed by atoms with Crippen molar-refractivity contribution in [2.45, 2.75) is 26.8 Å². The van der Waals surface area contributed by atoms with Crippen LogP contribution in [-0.2, 0) is 13.0 Å². The number of nitrogens with two attached hydrogens (primary N) is 1. The van der Waals surface area contributed by atoms with Gasteiger partial charge in [0.1, 0.15) is 24.7 Å². The maximum absolute atomic E-state index is 5.74. The van der Waals surface area contributed by atoms with Crippen molar-refractivity contribution < 1.29 is 9.47 Å². The molecular weight excluding hydrogens is 264 g/mol. The summed E-state index contributed by atoms with van der Waals surface area (Å²) in [4.78, 5) is 4.47. The molecule has 0 bridgehead atoms. The summed E-state index contributed by atoms with van der Waals surface area (Å²) in [6.45, 7) is 5.60. The van der Waals surface area contributed by atoms with Gasteiger partial charge in [-0.1, -0.05) is 19.1 Å². The Kier molecular flexibility index (Phi) is 5.58. The molecule has 0 fully saturated rings. The van der Waals surface area contributed by atoms with Crippen LogP contribution in [0.2, 0.25) is 0 Å². The van der Waals surface area contributed by atoms with Gasteiger partial charge in [-0.3, -0.25) is 4.98 Å². The van der Waals surface area contributed by atoms with Crippen molar-refractivity contribution in [3.05, 3.63) is 53.3 Å². The van der Waals surface area contributed by atoms with E-state index < -0.39 is 0 Å². The maximum atomic E-state index is 5.74. The molecule has 0 saturated heterocycles. The summed E-state index contributed by atoms with van der Waals surface area (Å²) >= 11 is 0. The van der Waals surface area contributed by atoms with Crippen LogP contribution in [0.15, 0.2) is 36.4 Å². The van der Waals surface area contributed by atoms with Crippen molar-refractivity contribution in [1.29, 1.82) is 0 Å². The molecule has 0 aliphatic rings. The van der Waals surface area contributed by atoms with Crippen LogP contribution in [0.1, 0.15) is 23.9 Å². The third kappa shape index (κ3) is 4.46. The lowest BCUT2D eigenvalue weighted by molar-refractivity contribution is 0.215. The third-order valence-corrected chi connectivity index (χ3v) is 3.18. The molecule has 0 radical (unpaired) electrons. The molecule has 21 heavy (non-hydrogen) atoms. The Bertz CT molecular complexity index is 568. The van der Waals surface area contributed by atoms with Crippen LogP contribution in [-0.4, -0.2) is 18.2 Å². The minimum absolute atomic E-state index is 0.496. The second kappa shape index (κ2) is 7.64. The van der Waals surface area contributed by atoms with Crippen LogP contribution in [0.5, 0.6) is 11.5 Å².